The highest BCUT2D eigenvalue weighted by Crippen LogP contribution is 2.17. The highest BCUT2D eigenvalue weighted by atomic mass is 16.2. The molecule has 1 amide bonds. The molecule has 0 atom stereocenters. The van der Waals surface area contributed by atoms with Crippen LogP contribution < -0.4 is 0 Å². The van der Waals surface area contributed by atoms with Crippen LogP contribution in [0.5, 0.6) is 0 Å². The highest BCUT2D eigenvalue weighted by molar-refractivity contribution is 5.94. The highest BCUT2D eigenvalue weighted by Gasteiger charge is 2.22. The van der Waals surface area contributed by atoms with E-state index in [1.165, 1.54) is 0 Å². The van der Waals surface area contributed by atoms with Crippen LogP contribution in [0.1, 0.15) is 47.2 Å². The van der Waals surface area contributed by atoms with Crippen LogP contribution in [-0.4, -0.2) is 36.7 Å². The van der Waals surface area contributed by atoms with E-state index in [9.17, 15) is 4.79 Å². The molecule has 0 aliphatic carbocycles. The maximum atomic E-state index is 13.2. The normalized spacial score (nSPS) is 11.1. The van der Waals surface area contributed by atoms with Crippen molar-refractivity contribution in [3.05, 3.63) is 53.5 Å². The molecular weight excluding hydrogens is 302 g/mol. The molecule has 0 saturated carbocycles. The molecule has 0 aliphatic rings. The number of hydrogen-bond donors (Lipinski definition) is 1. The minimum Gasteiger partial charge on any atom is -0.347 e. The summed E-state index contributed by atoms with van der Waals surface area (Å²) >= 11 is 0. The number of amides is 1. The van der Waals surface area contributed by atoms with Crippen molar-refractivity contribution >= 4 is 11.6 Å². The number of unbranched alkanes of at least 4 members (excludes halogenated alkanes) is 1. The summed E-state index contributed by atoms with van der Waals surface area (Å²) in [6.07, 6.45) is 7.33. The van der Waals surface area contributed by atoms with Gasteiger partial charge in [-0.3, -0.25) is 9.20 Å². The number of fused-ring (bicyclic) bond motifs is 1. The number of carbonyl (C=O) groups is 1. The Kier molecular flexibility index (Phi) is 4.64. The van der Waals surface area contributed by atoms with Crippen LogP contribution in [0.2, 0.25) is 0 Å². The van der Waals surface area contributed by atoms with Crippen molar-refractivity contribution in [3.8, 4) is 0 Å². The SMILES string of the molecule is CCCCN(Cc1cnc[nH]1)C(=O)c1c(C)nc2cc(C)ccn12. The van der Waals surface area contributed by atoms with Crippen LogP contribution in [-0.2, 0) is 6.54 Å². The molecular formula is C18H23N5O. The van der Waals surface area contributed by atoms with Gasteiger partial charge in [0.15, 0.2) is 0 Å². The number of hydrogen-bond acceptors (Lipinski definition) is 3. The molecule has 0 bridgehead atoms. The number of pyridine rings is 1. The molecule has 3 rings (SSSR count). The lowest BCUT2D eigenvalue weighted by Gasteiger charge is -2.22. The number of aromatic nitrogens is 4. The van der Waals surface area contributed by atoms with Gasteiger partial charge in [0.2, 0.25) is 0 Å². The number of aryl methyl sites for hydroxylation is 2. The minimum absolute atomic E-state index is 0.00639. The summed E-state index contributed by atoms with van der Waals surface area (Å²) in [5.74, 6) is 0.00639. The van der Waals surface area contributed by atoms with Crippen molar-refractivity contribution in [2.75, 3.05) is 6.54 Å². The van der Waals surface area contributed by atoms with Crippen LogP contribution in [0.3, 0.4) is 0 Å². The molecule has 0 aliphatic heterocycles. The second-order valence-corrected chi connectivity index (χ2v) is 6.14. The van der Waals surface area contributed by atoms with Crippen LogP contribution in [0.4, 0.5) is 0 Å². The molecule has 3 aromatic rings. The Bertz CT molecular complexity index is 835. The fourth-order valence-corrected chi connectivity index (χ4v) is 2.85. The molecule has 0 radical (unpaired) electrons. The zero-order valence-electron chi connectivity index (χ0n) is 14.4. The van der Waals surface area contributed by atoms with Crippen LogP contribution in [0.25, 0.3) is 5.65 Å². The average Bonchev–Trinajstić information content (AvgIpc) is 3.17. The zero-order valence-corrected chi connectivity index (χ0v) is 14.4. The maximum Gasteiger partial charge on any atom is 0.273 e. The van der Waals surface area contributed by atoms with Gasteiger partial charge in [-0.15, -0.1) is 0 Å². The van der Waals surface area contributed by atoms with Gasteiger partial charge in [0.25, 0.3) is 5.91 Å². The summed E-state index contributed by atoms with van der Waals surface area (Å²) in [5.41, 5.74) is 4.28. The van der Waals surface area contributed by atoms with E-state index in [0.717, 1.165) is 35.4 Å². The van der Waals surface area contributed by atoms with E-state index in [0.29, 0.717) is 18.8 Å². The second kappa shape index (κ2) is 6.86. The predicted molar refractivity (Wildman–Crippen MR) is 92.9 cm³/mol. The Labute approximate surface area is 141 Å². The van der Waals surface area contributed by atoms with E-state index in [4.69, 9.17) is 0 Å². The molecule has 3 aromatic heterocycles. The Morgan fingerprint density at radius 1 is 1.38 bits per heavy atom. The van der Waals surface area contributed by atoms with Crippen molar-refractivity contribution < 1.29 is 4.79 Å². The Balaban J connectivity index is 1.95. The number of imidazole rings is 2. The number of nitrogens with one attached hydrogen (secondary N) is 1. The van der Waals surface area contributed by atoms with Gasteiger partial charge in [-0.1, -0.05) is 13.3 Å². The molecule has 3 heterocycles. The summed E-state index contributed by atoms with van der Waals surface area (Å²) < 4.78 is 1.89. The molecule has 1 N–H and O–H groups in total. The quantitative estimate of drug-likeness (QED) is 0.757. The fourth-order valence-electron chi connectivity index (χ4n) is 2.85. The van der Waals surface area contributed by atoms with Crippen LogP contribution in [0.15, 0.2) is 30.9 Å². The zero-order chi connectivity index (χ0) is 17.1. The van der Waals surface area contributed by atoms with Crippen molar-refractivity contribution in [2.45, 2.75) is 40.2 Å². The topological polar surface area (TPSA) is 66.3 Å². The number of aromatic amines is 1. The fraction of sp³-hybridized carbons (Fsp3) is 0.389. The Morgan fingerprint density at radius 3 is 2.92 bits per heavy atom. The van der Waals surface area contributed by atoms with Crippen molar-refractivity contribution in [1.82, 2.24) is 24.3 Å². The van der Waals surface area contributed by atoms with Gasteiger partial charge in [0.1, 0.15) is 11.3 Å². The predicted octanol–water partition coefficient (Wildman–Crippen LogP) is 3.12. The van der Waals surface area contributed by atoms with E-state index >= 15 is 0 Å². The lowest BCUT2D eigenvalue weighted by molar-refractivity contribution is 0.0731. The first-order valence-corrected chi connectivity index (χ1v) is 8.32. The van der Waals surface area contributed by atoms with Crippen LogP contribution >= 0.6 is 0 Å². The van der Waals surface area contributed by atoms with Gasteiger partial charge < -0.3 is 9.88 Å². The Hall–Kier alpha value is -2.63. The number of carbonyl (C=O) groups excluding carboxylic acids is 1. The van der Waals surface area contributed by atoms with Gasteiger partial charge in [-0.2, -0.15) is 0 Å². The monoisotopic (exact) mass is 325 g/mol. The largest absolute Gasteiger partial charge is 0.347 e. The summed E-state index contributed by atoms with van der Waals surface area (Å²) in [4.78, 5) is 26.7. The van der Waals surface area contributed by atoms with E-state index in [1.54, 1.807) is 12.5 Å². The van der Waals surface area contributed by atoms with Gasteiger partial charge in [-0.25, -0.2) is 9.97 Å². The van der Waals surface area contributed by atoms with Crippen LogP contribution in [0, 0.1) is 13.8 Å². The van der Waals surface area contributed by atoms with Gasteiger partial charge in [0.05, 0.1) is 24.3 Å². The first-order chi connectivity index (χ1) is 11.6. The maximum absolute atomic E-state index is 13.2. The second-order valence-electron chi connectivity index (χ2n) is 6.14. The summed E-state index contributed by atoms with van der Waals surface area (Å²) in [6, 6.07) is 3.99. The average molecular weight is 325 g/mol. The molecule has 6 heteroatoms. The Morgan fingerprint density at radius 2 is 2.21 bits per heavy atom. The van der Waals surface area contributed by atoms with Crippen molar-refractivity contribution in [3.63, 3.8) is 0 Å². The first-order valence-electron chi connectivity index (χ1n) is 8.32. The van der Waals surface area contributed by atoms with E-state index in [-0.39, 0.29) is 5.91 Å². The number of nitrogens with zero attached hydrogens (tertiary/aromatic N) is 4. The minimum atomic E-state index is 0.00639. The van der Waals surface area contributed by atoms with E-state index in [1.807, 2.05) is 41.5 Å². The molecule has 0 unspecified atom stereocenters. The number of rotatable bonds is 6. The van der Waals surface area contributed by atoms with Crippen molar-refractivity contribution in [2.24, 2.45) is 0 Å². The van der Waals surface area contributed by atoms with E-state index < -0.39 is 0 Å². The summed E-state index contributed by atoms with van der Waals surface area (Å²) in [7, 11) is 0. The third-order valence-electron chi connectivity index (χ3n) is 4.14. The lowest BCUT2D eigenvalue weighted by Crippen LogP contribution is -2.33. The van der Waals surface area contributed by atoms with Crippen molar-refractivity contribution in [1.29, 1.82) is 0 Å². The van der Waals surface area contributed by atoms with Gasteiger partial charge in [-0.05, 0) is 38.0 Å². The molecule has 0 spiro atoms. The third-order valence-corrected chi connectivity index (χ3v) is 4.14. The standard InChI is InChI=1S/C18H23N5O/c1-4-5-7-22(11-15-10-19-12-20-15)18(24)17-14(3)21-16-9-13(2)6-8-23(16)17/h6,8-10,12H,4-5,7,11H2,1-3H3,(H,19,20). The summed E-state index contributed by atoms with van der Waals surface area (Å²) in [5, 5.41) is 0. The third kappa shape index (κ3) is 3.18. The molecule has 126 valence electrons. The molecule has 0 saturated heterocycles. The first kappa shape index (κ1) is 16.2. The smallest absolute Gasteiger partial charge is 0.273 e. The van der Waals surface area contributed by atoms with Gasteiger partial charge >= 0.3 is 0 Å². The van der Waals surface area contributed by atoms with Gasteiger partial charge in [0, 0.05) is 18.9 Å². The number of H-pyrrole nitrogens is 1. The lowest BCUT2D eigenvalue weighted by atomic mass is 10.2. The van der Waals surface area contributed by atoms with E-state index in [2.05, 4.69) is 21.9 Å². The summed E-state index contributed by atoms with van der Waals surface area (Å²) in [6.45, 7) is 7.28. The molecule has 24 heavy (non-hydrogen) atoms. The molecule has 6 nitrogen and oxygen atoms in total. The molecule has 0 aromatic carbocycles. The molecule has 0 fully saturated rings.